The van der Waals surface area contributed by atoms with Crippen molar-refractivity contribution >= 4 is 45.7 Å². The van der Waals surface area contributed by atoms with Crippen LogP contribution in [0.1, 0.15) is 15.9 Å². The lowest BCUT2D eigenvalue weighted by atomic mass is 10.1. The summed E-state index contributed by atoms with van der Waals surface area (Å²) in [5, 5.41) is 8.66. The molecule has 0 bridgehead atoms. The number of aryl methyl sites for hydroxylation is 1. The Bertz CT molecular complexity index is 1140. The first-order valence-corrected chi connectivity index (χ1v) is 8.95. The summed E-state index contributed by atoms with van der Waals surface area (Å²) in [6, 6.07) is 12.4. The minimum atomic E-state index is -0.388. The molecule has 2 aromatic heterocycles. The monoisotopic (exact) mass is 396 g/mol. The number of hydrogen-bond donors (Lipinski definition) is 1. The van der Waals surface area contributed by atoms with Gasteiger partial charge in [-0.1, -0.05) is 41.4 Å². The van der Waals surface area contributed by atoms with Gasteiger partial charge in [0.05, 0.1) is 32.5 Å². The highest BCUT2D eigenvalue weighted by Crippen LogP contribution is 2.30. The molecule has 0 unspecified atom stereocenters. The number of carbonyl (C=O) groups is 1. The third-order valence-electron chi connectivity index (χ3n) is 4.22. The highest BCUT2D eigenvalue weighted by Gasteiger charge is 2.17. The number of carbonyl (C=O) groups excluding carboxylic acids is 1. The van der Waals surface area contributed by atoms with Gasteiger partial charge in [-0.2, -0.15) is 5.10 Å². The largest absolute Gasteiger partial charge is 0.320 e. The van der Waals surface area contributed by atoms with Gasteiger partial charge < -0.3 is 5.32 Å². The minimum absolute atomic E-state index is 0.234. The predicted molar refractivity (Wildman–Crippen MR) is 108 cm³/mol. The summed E-state index contributed by atoms with van der Waals surface area (Å²) in [5.41, 5.74) is 3.35. The van der Waals surface area contributed by atoms with E-state index in [1.807, 2.05) is 31.3 Å². The highest BCUT2D eigenvalue weighted by molar-refractivity contribution is 6.40. The summed E-state index contributed by atoms with van der Waals surface area (Å²) >= 11 is 12.3. The van der Waals surface area contributed by atoms with Crippen LogP contribution in [0.2, 0.25) is 10.0 Å². The van der Waals surface area contributed by atoms with Crippen molar-refractivity contribution in [2.24, 2.45) is 0 Å². The average molecular weight is 397 g/mol. The molecule has 4 aromatic rings. The summed E-state index contributed by atoms with van der Waals surface area (Å²) in [5.74, 6) is -0.388. The molecule has 1 N–H and O–H groups in total. The van der Waals surface area contributed by atoms with Crippen LogP contribution in [0.4, 0.5) is 5.69 Å². The van der Waals surface area contributed by atoms with E-state index in [1.54, 1.807) is 41.3 Å². The molecular weight excluding hydrogens is 383 g/mol. The molecule has 0 aliphatic rings. The zero-order valence-corrected chi connectivity index (χ0v) is 15.8. The molecule has 7 heteroatoms. The van der Waals surface area contributed by atoms with E-state index in [2.05, 4.69) is 15.4 Å². The average Bonchev–Trinajstić information content (AvgIpc) is 3.15. The topological polar surface area (TPSA) is 59.8 Å². The lowest BCUT2D eigenvalue weighted by Gasteiger charge is -2.14. The van der Waals surface area contributed by atoms with Crippen molar-refractivity contribution in [3.05, 3.63) is 82.2 Å². The Morgan fingerprint density at radius 2 is 1.81 bits per heavy atom. The van der Waals surface area contributed by atoms with Crippen LogP contribution < -0.4 is 5.32 Å². The second-order valence-corrected chi connectivity index (χ2v) is 6.81. The standard InChI is InChI=1S/C20H14Cl2N4O/c1-12-11-23-18-13(19(12)26-10-4-9-24-26)5-2-8-16(18)25-20(27)17-14(21)6-3-7-15(17)22/h2-11H,1H3,(H,25,27). The van der Waals surface area contributed by atoms with Crippen LogP contribution >= 0.6 is 23.2 Å². The van der Waals surface area contributed by atoms with Gasteiger partial charge in [-0.15, -0.1) is 0 Å². The number of hydrogen-bond acceptors (Lipinski definition) is 3. The fourth-order valence-electron chi connectivity index (χ4n) is 3.01. The number of halogens is 2. The first-order chi connectivity index (χ1) is 13.1. The van der Waals surface area contributed by atoms with Crippen LogP contribution in [0, 0.1) is 6.92 Å². The smallest absolute Gasteiger partial charge is 0.258 e. The summed E-state index contributed by atoms with van der Waals surface area (Å²) in [6.45, 7) is 1.97. The number of pyridine rings is 1. The Morgan fingerprint density at radius 1 is 1.07 bits per heavy atom. The van der Waals surface area contributed by atoms with Gasteiger partial charge in [0.25, 0.3) is 5.91 Å². The maximum atomic E-state index is 12.8. The Hall–Kier alpha value is -2.89. The molecule has 27 heavy (non-hydrogen) atoms. The fourth-order valence-corrected chi connectivity index (χ4v) is 3.58. The molecule has 0 atom stereocenters. The molecule has 0 aliphatic carbocycles. The van der Waals surface area contributed by atoms with Gasteiger partial charge in [-0.3, -0.25) is 9.78 Å². The number of anilines is 1. The van der Waals surface area contributed by atoms with E-state index < -0.39 is 0 Å². The van der Waals surface area contributed by atoms with Crippen molar-refractivity contribution in [2.75, 3.05) is 5.32 Å². The summed E-state index contributed by atoms with van der Waals surface area (Å²) in [4.78, 5) is 17.3. The second-order valence-electron chi connectivity index (χ2n) is 5.99. The Morgan fingerprint density at radius 3 is 2.52 bits per heavy atom. The van der Waals surface area contributed by atoms with Crippen LogP contribution in [0.3, 0.4) is 0 Å². The van der Waals surface area contributed by atoms with E-state index in [9.17, 15) is 4.79 Å². The molecular formula is C20H14Cl2N4O. The van der Waals surface area contributed by atoms with E-state index >= 15 is 0 Å². The molecule has 134 valence electrons. The third-order valence-corrected chi connectivity index (χ3v) is 4.85. The highest BCUT2D eigenvalue weighted by atomic mass is 35.5. The van der Waals surface area contributed by atoms with Gasteiger partial charge in [-0.05, 0) is 36.8 Å². The van der Waals surface area contributed by atoms with Gasteiger partial charge in [0.2, 0.25) is 0 Å². The van der Waals surface area contributed by atoms with Gasteiger partial charge in [0.1, 0.15) is 0 Å². The molecule has 0 aliphatic heterocycles. The van der Waals surface area contributed by atoms with E-state index in [0.717, 1.165) is 16.6 Å². The van der Waals surface area contributed by atoms with Crippen molar-refractivity contribution in [3.63, 3.8) is 0 Å². The summed E-state index contributed by atoms with van der Waals surface area (Å²) < 4.78 is 1.79. The van der Waals surface area contributed by atoms with Crippen LogP contribution in [0.5, 0.6) is 0 Å². The van der Waals surface area contributed by atoms with Crippen LogP contribution in [0.25, 0.3) is 16.6 Å². The molecule has 4 rings (SSSR count). The zero-order valence-electron chi connectivity index (χ0n) is 14.3. The third kappa shape index (κ3) is 3.16. The minimum Gasteiger partial charge on any atom is -0.320 e. The molecule has 5 nitrogen and oxygen atoms in total. The zero-order chi connectivity index (χ0) is 19.0. The molecule has 2 aromatic carbocycles. The fraction of sp³-hybridized carbons (Fsp3) is 0.0500. The van der Waals surface area contributed by atoms with E-state index in [4.69, 9.17) is 23.2 Å². The number of para-hydroxylation sites is 1. The number of amides is 1. The van der Waals surface area contributed by atoms with Crippen molar-refractivity contribution in [2.45, 2.75) is 6.92 Å². The number of aromatic nitrogens is 3. The SMILES string of the molecule is Cc1cnc2c(NC(=O)c3c(Cl)cccc3Cl)cccc2c1-n1cccn1. The molecule has 0 fully saturated rings. The first kappa shape index (κ1) is 17.5. The Balaban J connectivity index is 1.82. The second kappa shape index (κ2) is 7.02. The Labute approximate surface area is 165 Å². The van der Waals surface area contributed by atoms with Gasteiger partial charge in [0.15, 0.2) is 0 Å². The molecule has 2 heterocycles. The number of nitrogens with one attached hydrogen (secondary N) is 1. The maximum absolute atomic E-state index is 12.8. The number of rotatable bonds is 3. The summed E-state index contributed by atoms with van der Waals surface area (Å²) in [6.07, 6.45) is 5.35. The van der Waals surface area contributed by atoms with Crippen LogP contribution in [-0.4, -0.2) is 20.7 Å². The molecule has 0 spiro atoms. The first-order valence-electron chi connectivity index (χ1n) is 8.20. The molecule has 0 saturated heterocycles. The predicted octanol–water partition coefficient (Wildman–Crippen LogP) is 5.29. The van der Waals surface area contributed by atoms with Gasteiger partial charge in [-0.25, -0.2) is 4.68 Å². The lowest BCUT2D eigenvalue weighted by molar-refractivity contribution is 0.102. The van der Waals surface area contributed by atoms with E-state index in [-0.39, 0.29) is 11.5 Å². The number of benzene rings is 2. The van der Waals surface area contributed by atoms with Gasteiger partial charge >= 0.3 is 0 Å². The van der Waals surface area contributed by atoms with Crippen molar-refractivity contribution in [1.82, 2.24) is 14.8 Å². The molecule has 1 amide bonds. The van der Waals surface area contributed by atoms with Crippen LogP contribution in [0.15, 0.2) is 61.1 Å². The normalized spacial score (nSPS) is 10.9. The van der Waals surface area contributed by atoms with Gasteiger partial charge in [0, 0.05) is 24.0 Å². The van der Waals surface area contributed by atoms with Crippen molar-refractivity contribution in [1.29, 1.82) is 0 Å². The number of nitrogens with zero attached hydrogens (tertiary/aromatic N) is 3. The van der Waals surface area contributed by atoms with E-state index in [1.165, 1.54) is 0 Å². The molecule has 0 saturated carbocycles. The Kier molecular flexibility index (Phi) is 4.56. The number of fused-ring (bicyclic) bond motifs is 1. The van der Waals surface area contributed by atoms with Crippen molar-refractivity contribution in [3.8, 4) is 5.69 Å². The maximum Gasteiger partial charge on any atom is 0.258 e. The lowest BCUT2D eigenvalue weighted by Crippen LogP contribution is -2.14. The van der Waals surface area contributed by atoms with E-state index in [0.29, 0.717) is 21.2 Å². The summed E-state index contributed by atoms with van der Waals surface area (Å²) in [7, 11) is 0. The molecule has 0 radical (unpaired) electrons. The quantitative estimate of drug-likeness (QED) is 0.511. The van der Waals surface area contributed by atoms with Crippen molar-refractivity contribution < 1.29 is 4.79 Å². The van der Waals surface area contributed by atoms with Crippen LogP contribution in [-0.2, 0) is 0 Å².